The molecular weight excluding hydrogens is 342 g/mol. The molecule has 0 bridgehead atoms. The maximum atomic E-state index is 13.1. The number of benzene rings is 1. The van der Waals surface area contributed by atoms with Crippen LogP contribution in [0.1, 0.15) is 40.0 Å². The van der Waals surface area contributed by atoms with E-state index in [-0.39, 0.29) is 29.0 Å². The summed E-state index contributed by atoms with van der Waals surface area (Å²) >= 11 is 0. The summed E-state index contributed by atoms with van der Waals surface area (Å²) in [6.45, 7) is 7.07. The number of rotatable bonds is 4. The van der Waals surface area contributed by atoms with Crippen molar-refractivity contribution in [3.05, 3.63) is 63.1 Å². The molecule has 6 heteroatoms. The average Bonchev–Trinajstić information content (AvgIpc) is 3.03. The minimum atomic E-state index is -0.236. The normalized spacial score (nSPS) is 19.4. The molecule has 0 unspecified atom stereocenters. The van der Waals surface area contributed by atoms with Crippen molar-refractivity contribution in [1.82, 2.24) is 9.47 Å². The Balaban J connectivity index is 1.90. The highest BCUT2D eigenvalue weighted by molar-refractivity contribution is 5.95. The van der Waals surface area contributed by atoms with Crippen LogP contribution in [0.15, 0.2) is 35.1 Å². The molecule has 0 spiro atoms. The first-order chi connectivity index (χ1) is 12.9. The number of nitrogens with two attached hydrogens (primary N) is 1. The number of amides is 1. The smallest absolute Gasteiger partial charge is 0.263 e. The Morgan fingerprint density at radius 2 is 2.00 bits per heavy atom. The van der Waals surface area contributed by atoms with Gasteiger partial charge in [0.05, 0.1) is 7.11 Å². The van der Waals surface area contributed by atoms with Crippen LogP contribution in [0.4, 0.5) is 0 Å². The van der Waals surface area contributed by atoms with E-state index in [1.54, 1.807) is 16.6 Å². The van der Waals surface area contributed by atoms with Crippen molar-refractivity contribution in [1.29, 1.82) is 0 Å². The monoisotopic (exact) mass is 369 g/mol. The topological polar surface area (TPSA) is 77.6 Å². The van der Waals surface area contributed by atoms with Gasteiger partial charge >= 0.3 is 0 Å². The van der Waals surface area contributed by atoms with Gasteiger partial charge < -0.3 is 19.9 Å². The van der Waals surface area contributed by atoms with E-state index in [4.69, 9.17) is 10.5 Å². The van der Waals surface area contributed by atoms with Gasteiger partial charge in [-0.1, -0.05) is 12.1 Å². The van der Waals surface area contributed by atoms with Gasteiger partial charge in [0.25, 0.3) is 11.5 Å². The summed E-state index contributed by atoms with van der Waals surface area (Å²) in [5, 5.41) is 0. The summed E-state index contributed by atoms with van der Waals surface area (Å²) < 4.78 is 6.93. The molecule has 1 saturated heterocycles. The van der Waals surface area contributed by atoms with Crippen molar-refractivity contribution in [3.63, 3.8) is 0 Å². The van der Waals surface area contributed by atoms with E-state index in [1.807, 2.05) is 51.1 Å². The van der Waals surface area contributed by atoms with E-state index in [0.29, 0.717) is 25.2 Å². The quantitative estimate of drug-likeness (QED) is 0.895. The van der Waals surface area contributed by atoms with Crippen LogP contribution in [0.2, 0.25) is 0 Å². The molecule has 1 fully saturated rings. The van der Waals surface area contributed by atoms with Crippen LogP contribution in [0, 0.1) is 13.8 Å². The number of aromatic nitrogens is 1. The number of nitrogens with zero attached hydrogens (tertiary/aromatic N) is 2. The summed E-state index contributed by atoms with van der Waals surface area (Å²) in [7, 11) is 1.63. The second-order valence-corrected chi connectivity index (χ2v) is 7.15. The number of ether oxygens (including phenoxy) is 1. The number of hydrogen-bond acceptors (Lipinski definition) is 4. The maximum Gasteiger partial charge on any atom is 0.263 e. The van der Waals surface area contributed by atoms with Crippen molar-refractivity contribution in [2.45, 2.75) is 39.3 Å². The van der Waals surface area contributed by atoms with Crippen LogP contribution < -0.4 is 16.0 Å². The van der Waals surface area contributed by atoms with Crippen LogP contribution in [0.5, 0.6) is 5.75 Å². The molecule has 1 aromatic carbocycles. The number of aryl methyl sites for hydroxylation is 2. The van der Waals surface area contributed by atoms with E-state index in [2.05, 4.69) is 0 Å². The predicted octanol–water partition coefficient (Wildman–Crippen LogP) is 2.06. The fourth-order valence-corrected chi connectivity index (χ4v) is 3.96. The third kappa shape index (κ3) is 3.49. The Morgan fingerprint density at radius 1 is 1.26 bits per heavy atom. The molecule has 0 aliphatic carbocycles. The maximum absolute atomic E-state index is 13.1. The van der Waals surface area contributed by atoms with Crippen molar-refractivity contribution < 1.29 is 9.53 Å². The molecular formula is C21H27N3O3. The zero-order valence-electron chi connectivity index (χ0n) is 16.4. The van der Waals surface area contributed by atoms with Gasteiger partial charge in [-0.05, 0) is 50.1 Å². The molecule has 2 aromatic rings. The van der Waals surface area contributed by atoms with E-state index in [0.717, 1.165) is 17.0 Å². The van der Waals surface area contributed by atoms with E-state index >= 15 is 0 Å². The number of carbonyl (C=O) groups excluding carboxylic acids is 1. The Hall–Kier alpha value is -2.60. The van der Waals surface area contributed by atoms with E-state index < -0.39 is 0 Å². The molecule has 0 saturated carbocycles. The van der Waals surface area contributed by atoms with Gasteiger partial charge in [0.15, 0.2) is 0 Å². The zero-order chi connectivity index (χ0) is 19.7. The third-order valence-electron chi connectivity index (χ3n) is 5.41. The summed E-state index contributed by atoms with van der Waals surface area (Å²) in [6.07, 6.45) is 0. The first-order valence-corrected chi connectivity index (χ1v) is 9.27. The van der Waals surface area contributed by atoms with Crippen LogP contribution in [-0.2, 0) is 6.54 Å². The first-order valence-electron chi connectivity index (χ1n) is 9.27. The predicted molar refractivity (Wildman–Crippen MR) is 105 cm³/mol. The molecule has 1 aromatic heterocycles. The Labute approximate surface area is 159 Å². The van der Waals surface area contributed by atoms with Gasteiger partial charge in [0.2, 0.25) is 0 Å². The standard InChI is InChI=1S/C21H27N3O3/c1-5-24-14(3)9-13(2)19(21(24)26)20(25)23-11-17(18(22)12-23)15-7-6-8-16(10-15)27-4/h6-10,17-18H,5,11-12,22H2,1-4H3/t17-,18+/m1/s1. The minimum absolute atomic E-state index is 0.0169. The molecule has 1 amide bonds. The molecule has 0 radical (unpaired) electrons. The number of hydrogen-bond donors (Lipinski definition) is 1. The number of methoxy groups -OCH3 is 1. The minimum Gasteiger partial charge on any atom is -0.497 e. The second kappa shape index (κ2) is 7.56. The number of likely N-dealkylation sites (tertiary alicyclic amines) is 1. The van der Waals surface area contributed by atoms with Crippen LogP contribution in [0.25, 0.3) is 0 Å². The van der Waals surface area contributed by atoms with Crippen molar-refractivity contribution >= 4 is 5.91 Å². The largest absolute Gasteiger partial charge is 0.497 e. The highest BCUT2D eigenvalue weighted by Gasteiger charge is 2.36. The molecule has 6 nitrogen and oxygen atoms in total. The van der Waals surface area contributed by atoms with Gasteiger partial charge in [0, 0.05) is 37.3 Å². The molecule has 2 N–H and O–H groups in total. The van der Waals surface area contributed by atoms with Gasteiger partial charge in [0.1, 0.15) is 11.3 Å². The molecule has 1 aliphatic heterocycles. The van der Waals surface area contributed by atoms with Crippen LogP contribution in [0.3, 0.4) is 0 Å². The van der Waals surface area contributed by atoms with Gasteiger partial charge in [-0.3, -0.25) is 9.59 Å². The van der Waals surface area contributed by atoms with Crippen molar-refractivity contribution in [2.24, 2.45) is 5.73 Å². The fourth-order valence-electron chi connectivity index (χ4n) is 3.96. The Bertz CT molecular complexity index is 919. The lowest BCUT2D eigenvalue weighted by atomic mass is 9.95. The van der Waals surface area contributed by atoms with E-state index in [9.17, 15) is 9.59 Å². The third-order valence-corrected chi connectivity index (χ3v) is 5.41. The van der Waals surface area contributed by atoms with Crippen molar-refractivity contribution in [3.8, 4) is 5.75 Å². The molecule has 144 valence electrons. The summed E-state index contributed by atoms with van der Waals surface area (Å²) in [6, 6.07) is 9.49. The molecule has 2 atom stereocenters. The summed E-state index contributed by atoms with van der Waals surface area (Å²) in [5.74, 6) is 0.549. The molecule has 27 heavy (non-hydrogen) atoms. The Kier molecular flexibility index (Phi) is 5.37. The first kappa shape index (κ1) is 19.2. The van der Waals surface area contributed by atoms with Gasteiger partial charge in [-0.15, -0.1) is 0 Å². The summed E-state index contributed by atoms with van der Waals surface area (Å²) in [5.41, 5.74) is 9.00. The molecule has 3 rings (SSSR count). The number of pyridine rings is 1. The highest BCUT2D eigenvalue weighted by Crippen LogP contribution is 2.29. The molecule has 2 heterocycles. The van der Waals surface area contributed by atoms with Crippen LogP contribution in [-0.4, -0.2) is 41.6 Å². The SMILES string of the molecule is CCn1c(C)cc(C)c(C(=O)N2C[C@H](c3cccc(OC)c3)[C@@H](N)C2)c1=O. The average molecular weight is 369 g/mol. The lowest BCUT2D eigenvalue weighted by molar-refractivity contribution is 0.0786. The van der Waals surface area contributed by atoms with E-state index in [1.165, 1.54) is 0 Å². The van der Waals surface area contributed by atoms with Gasteiger partial charge in [-0.2, -0.15) is 0 Å². The Morgan fingerprint density at radius 3 is 2.67 bits per heavy atom. The molecule has 1 aliphatic rings. The lowest BCUT2D eigenvalue weighted by Crippen LogP contribution is -2.38. The zero-order valence-corrected chi connectivity index (χ0v) is 16.4. The highest BCUT2D eigenvalue weighted by atomic mass is 16.5. The fraction of sp³-hybridized carbons (Fsp3) is 0.429. The summed E-state index contributed by atoms with van der Waals surface area (Å²) in [4.78, 5) is 27.7. The number of carbonyl (C=O) groups is 1. The second-order valence-electron chi connectivity index (χ2n) is 7.15. The van der Waals surface area contributed by atoms with Gasteiger partial charge in [-0.25, -0.2) is 0 Å². The van der Waals surface area contributed by atoms with Crippen molar-refractivity contribution in [2.75, 3.05) is 20.2 Å². The lowest BCUT2D eigenvalue weighted by Gasteiger charge is -2.19. The van der Waals surface area contributed by atoms with Crippen LogP contribution >= 0.6 is 0 Å².